The van der Waals surface area contributed by atoms with Crippen molar-refractivity contribution in [3.8, 4) is 22.8 Å². The van der Waals surface area contributed by atoms with E-state index in [1.54, 1.807) is 19.2 Å². The van der Waals surface area contributed by atoms with Crippen molar-refractivity contribution in [2.75, 3.05) is 18.2 Å². The molecule has 0 aliphatic rings. The van der Waals surface area contributed by atoms with Gasteiger partial charge in [-0.25, -0.2) is 4.39 Å². The fourth-order valence-electron chi connectivity index (χ4n) is 3.66. The number of aromatic amines is 1. The van der Waals surface area contributed by atoms with Gasteiger partial charge >= 0.3 is 0 Å². The van der Waals surface area contributed by atoms with E-state index in [-0.39, 0.29) is 17.3 Å². The first-order valence-electron chi connectivity index (χ1n) is 10.5. The Balaban J connectivity index is 1.50. The maximum Gasteiger partial charge on any atom is 0.234 e. The second-order valence-electron chi connectivity index (χ2n) is 7.41. The van der Waals surface area contributed by atoms with Crippen LogP contribution in [0.4, 0.5) is 10.1 Å². The van der Waals surface area contributed by atoms with Crippen molar-refractivity contribution in [3.05, 3.63) is 84.8 Å². The smallest absolute Gasteiger partial charge is 0.234 e. The quantitative estimate of drug-likeness (QED) is 0.314. The molecule has 5 rings (SSSR count). The number of carbonyl (C=O) groups is 1. The summed E-state index contributed by atoms with van der Waals surface area (Å²) in [5.41, 5.74) is 2.80. The Morgan fingerprint density at radius 3 is 2.76 bits per heavy atom. The van der Waals surface area contributed by atoms with Crippen molar-refractivity contribution in [1.29, 1.82) is 0 Å². The zero-order chi connectivity index (χ0) is 23.5. The number of hydrogen-bond donors (Lipinski definition) is 2. The monoisotopic (exact) mass is 473 g/mol. The molecule has 7 nitrogen and oxygen atoms in total. The van der Waals surface area contributed by atoms with E-state index in [9.17, 15) is 9.18 Å². The third kappa shape index (κ3) is 4.25. The van der Waals surface area contributed by atoms with E-state index < -0.39 is 5.82 Å². The number of thioether (sulfide) groups is 1. The molecule has 0 radical (unpaired) electrons. The van der Waals surface area contributed by atoms with Crippen LogP contribution in [0.2, 0.25) is 0 Å². The van der Waals surface area contributed by atoms with Gasteiger partial charge in [0.1, 0.15) is 11.6 Å². The molecule has 2 N–H and O–H groups in total. The number of amides is 1. The number of ether oxygens (including phenoxy) is 1. The van der Waals surface area contributed by atoms with Gasteiger partial charge in [0.25, 0.3) is 0 Å². The van der Waals surface area contributed by atoms with Crippen LogP contribution in [0.5, 0.6) is 5.75 Å². The van der Waals surface area contributed by atoms with Crippen molar-refractivity contribution in [3.63, 3.8) is 0 Å². The van der Waals surface area contributed by atoms with Crippen molar-refractivity contribution < 1.29 is 13.9 Å². The standard InChI is InChI=1S/C25H20FN5O2S/c1-33-17-8-6-7-16(13-17)31-24(19-14-27-21-11-4-2-9-18(19)21)29-30-25(31)34-15-23(32)28-22-12-5-3-10-20(22)26/h2-14,27H,15H2,1H3,(H,28,32). The lowest BCUT2D eigenvalue weighted by molar-refractivity contribution is -0.113. The number of halogens is 1. The molecule has 0 saturated heterocycles. The second kappa shape index (κ2) is 9.40. The Kier molecular flexibility index (Phi) is 6.01. The molecule has 0 atom stereocenters. The highest BCUT2D eigenvalue weighted by atomic mass is 32.2. The number of hydrogen-bond acceptors (Lipinski definition) is 5. The van der Waals surface area contributed by atoms with Gasteiger partial charge in [0.05, 0.1) is 24.2 Å². The van der Waals surface area contributed by atoms with E-state index in [1.807, 2.05) is 59.3 Å². The van der Waals surface area contributed by atoms with Crippen molar-refractivity contribution in [2.45, 2.75) is 5.16 Å². The molecule has 0 bridgehead atoms. The number of fused-ring (bicyclic) bond motifs is 1. The molecule has 3 aromatic carbocycles. The summed E-state index contributed by atoms with van der Waals surface area (Å²) in [5, 5.41) is 13.0. The number of carbonyl (C=O) groups excluding carboxylic acids is 1. The number of rotatable bonds is 7. The average Bonchev–Trinajstić information content (AvgIpc) is 3.48. The molecule has 5 aromatic rings. The Morgan fingerprint density at radius 1 is 1.09 bits per heavy atom. The van der Waals surface area contributed by atoms with Crippen molar-refractivity contribution in [1.82, 2.24) is 19.7 Å². The van der Waals surface area contributed by atoms with Crippen LogP contribution in [0.15, 0.2) is 84.1 Å². The topological polar surface area (TPSA) is 84.8 Å². The summed E-state index contributed by atoms with van der Waals surface area (Å²) < 4.78 is 21.2. The van der Waals surface area contributed by atoms with Gasteiger partial charge in [-0.15, -0.1) is 10.2 Å². The summed E-state index contributed by atoms with van der Waals surface area (Å²) in [6.45, 7) is 0. The van der Waals surface area contributed by atoms with E-state index in [0.29, 0.717) is 16.7 Å². The third-order valence-corrected chi connectivity index (χ3v) is 6.18. The minimum atomic E-state index is -0.484. The van der Waals surface area contributed by atoms with Crippen LogP contribution in [0, 0.1) is 5.82 Å². The summed E-state index contributed by atoms with van der Waals surface area (Å²) in [6.07, 6.45) is 1.89. The summed E-state index contributed by atoms with van der Waals surface area (Å²) in [6, 6.07) is 21.5. The highest BCUT2D eigenvalue weighted by Gasteiger charge is 2.20. The van der Waals surface area contributed by atoms with Crippen LogP contribution >= 0.6 is 11.8 Å². The molecule has 2 heterocycles. The summed E-state index contributed by atoms with van der Waals surface area (Å²) >= 11 is 1.22. The lowest BCUT2D eigenvalue weighted by Gasteiger charge is -2.11. The van der Waals surface area contributed by atoms with Crippen LogP contribution in [0.1, 0.15) is 0 Å². The summed E-state index contributed by atoms with van der Waals surface area (Å²) in [7, 11) is 1.61. The zero-order valence-corrected chi connectivity index (χ0v) is 19.0. The number of nitrogens with zero attached hydrogens (tertiary/aromatic N) is 3. The van der Waals surface area contributed by atoms with Gasteiger partial charge in [-0.2, -0.15) is 0 Å². The first-order chi connectivity index (χ1) is 16.6. The summed E-state index contributed by atoms with van der Waals surface area (Å²) in [5.74, 6) is 0.516. The average molecular weight is 474 g/mol. The molecule has 0 fully saturated rings. The van der Waals surface area contributed by atoms with E-state index in [4.69, 9.17) is 4.74 Å². The van der Waals surface area contributed by atoms with Gasteiger partial charge in [0, 0.05) is 28.7 Å². The number of H-pyrrole nitrogens is 1. The van der Waals surface area contributed by atoms with E-state index in [0.717, 1.165) is 22.2 Å². The molecule has 34 heavy (non-hydrogen) atoms. The van der Waals surface area contributed by atoms with Gasteiger partial charge < -0.3 is 15.0 Å². The largest absolute Gasteiger partial charge is 0.497 e. The lowest BCUT2D eigenvalue weighted by Crippen LogP contribution is -2.15. The minimum absolute atomic E-state index is 0.0321. The first-order valence-corrected chi connectivity index (χ1v) is 11.5. The Morgan fingerprint density at radius 2 is 1.91 bits per heavy atom. The molecular formula is C25H20FN5O2S. The number of para-hydroxylation sites is 2. The number of benzene rings is 3. The number of methoxy groups -OCH3 is 1. The molecule has 0 saturated carbocycles. The zero-order valence-electron chi connectivity index (χ0n) is 18.2. The molecule has 170 valence electrons. The van der Waals surface area contributed by atoms with Crippen LogP contribution < -0.4 is 10.1 Å². The van der Waals surface area contributed by atoms with Gasteiger partial charge in [-0.05, 0) is 30.3 Å². The molecule has 9 heteroatoms. The first kappa shape index (κ1) is 21.7. The molecule has 0 aliphatic heterocycles. The third-order valence-electron chi connectivity index (χ3n) is 5.26. The van der Waals surface area contributed by atoms with Crippen molar-refractivity contribution >= 4 is 34.3 Å². The number of aromatic nitrogens is 4. The van der Waals surface area contributed by atoms with Crippen LogP contribution in [-0.2, 0) is 4.79 Å². The SMILES string of the molecule is COc1cccc(-n2c(SCC(=O)Nc3ccccc3F)nnc2-c2c[nH]c3ccccc23)c1. The van der Waals surface area contributed by atoms with Crippen molar-refractivity contribution in [2.24, 2.45) is 0 Å². The molecular weight excluding hydrogens is 453 g/mol. The van der Waals surface area contributed by atoms with Gasteiger partial charge in [0.2, 0.25) is 5.91 Å². The fraction of sp³-hybridized carbons (Fsp3) is 0.0800. The van der Waals surface area contributed by atoms with E-state index >= 15 is 0 Å². The lowest BCUT2D eigenvalue weighted by atomic mass is 10.1. The number of nitrogens with one attached hydrogen (secondary N) is 2. The highest BCUT2D eigenvalue weighted by molar-refractivity contribution is 7.99. The Hall–Kier alpha value is -4.11. The number of anilines is 1. The molecule has 2 aromatic heterocycles. The van der Waals surface area contributed by atoms with E-state index in [1.165, 1.54) is 23.9 Å². The summed E-state index contributed by atoms with van der Waals surface area (Å²) in [4.78, 5) is 15.8. The van der Waals surface area contributed by atoms with Gasteiger partial charge in [-0.3, -0.25) is 9.36 Å². The van der Waals surface area contributed by atoms with Crippen LogP contribution in [0.3, 0.4) is 0 Å². The maximum absolute atomic E-state index is 13.9. The molecule has 0 spiro atoms. The Labute approximate surface area is 199 Å². The van der Waals surface area contributed by atoms with Crippen LogP contribution in [0.25, 0.3) is 28.0 Å². The predicted octanol–water partition coefficient (Wildman–Crippen LogP) is 5.29. The van der Waals surface area contributed by atoms with Gasteiger partial charge in [0.15, 0.2) is 11.0 Å². The maximum atomic E-state index is 13.9. The van der Waals surface area contributed by atoms with Crippen LogP contribution in [-0.4, -0.2) is 38.5 Å². The Bertz CT molecular complexity index is 1480. The fourth-order valence-corrected chi connectivity index (χ4v) is 4.41. The highest BCUT2D eigenvalue weighted by Crippen LogP contribution is 2.33. The second-order valence-corrected chi connectivity index (χ2v) is 8.35. The molecule has 1 amide bonds. The normalized spacial score (nSPS) is 11.0. The molecule has 0 unspecified atom stereocenters. The molecule has 0 aliphatic carbocycles. The predicted molar refractivity (Wildman–Crippen MR) is 131 cm³/mol. The van der Waals surface area contributed by atoms with Gasteiger partial charge in [-0.1, -0.05) is 48.2 Å². The minimum Gasteiger partial charge on any atom is -0.497 e. The van der Waals surface area contributed by atoms with E-state index in [2.05, 4.69) is 20.5 Å².